The van der Waals surface area contributed by atoms with E-state index in [0.717, 1.165) is 30.8 Å². The van der Waals surface area contributed by atoms with Gasteiger partial charge in [0.15, 0.2) is 0 Å². The molecule has 114 valence electrons. The van der Waals surface area contributed by atoms with Crippen LogP contribution in [0.3, 0.4) is 0 Å². The highest BCUT2D eigenvalue weighted by molar-refractivity contribution is 7.09. The molecule has 1 aromatic heterocycles. The molecule has 4 heteroatoms. The predicted octanol–water partition coefficient (Wildman–Crippen LogP) is 4.35. The predicted molar refractivity (Wildman–Crippen MR) is 89.0 cm³/mol. The first-order chi connectivity index (χ1) is 10.2. The van der Waals surface area contributed by atoms with Crippen molar-refractivity contribution in [3.05, 3.63) is 45.9 Å². The van der Waals surface area contributed by atoms with E-state index in [-0.39, 0.29) is 0 Å². The summed E-state index contributed by atoms with van der Waals surface area (Å²) in [7, 11) is 0. The lowest BCUT2D eigenvalue weighted by Gasteiger charge is -2.13. The molecule has 1 N–H and O–H groups in total. The van der Waals surface area contributed by atoms with E-state index < -0.39 is 0 Å². The molecule has 2 rings (SSSR count). The lowest BCUT2D eigenvalue weighted by molar-refractivity contribution is 0.301. The monoisotopic (exact) mass is 304 g/mol. The average molecular weight is 304 g/mol. The van der Waals surface area contributed by atoms with Crippen LogP contribution in [-0.4, -0.2) is 11.5 Å². The molecule has 0 fully saturated rings. The van der Waals surface area contributed by atoms with Crippen molar-refractivity contribution in [2.24, 2.45) is 0 Å². The summed E-state index contributed by atoms with van der Waals surface area (Å²) in [6.45, 7) is 7.98. The molecule has 2 aromatic rings. The summed E-state index contributed by atoms with van der Waals surface area (Å²) >= 11 is 1.72. The number of benzene rings is 1. The molecule has 0 radical (unpaired) electrons. The van der Waals surface area contributed by atoms with Gasteiger partial charge >= 0.3 is 0 Å². The third-order valence-corrected chi connectivity index (χ3v) is 4.30. The van der Waals surface area contributed by atoms with E-state index in [1.54, 1.807) is 11.3 Å². The van der Waals surface area contributed by atoms with Gasteiger partial charge < -0.3 is 10.1 Å². The van der Waals surface area contributed by atoms with Crippen LogP contribution in [0.2, 0.25) is 0 Å². The van der Waals surface area contributed by atoms with Crippen molar-refractivity contribution in [3.63, 3.8) is 0 Å². The van der Waals surface area contributed by atoms with Gasteiger partial charge in [0, 0.05) is 11.4 Å². The summed E-state index contributed by atoms with van der Waals surface area (Å²) in [4.78, 5) is 4.57. The van der Waals surface area contributed by atoms with Crippen molar-refractivity contribution >= 4 is 11.3 Å². The summed E-state index contributed by atoms with van der Waals surface area (Å²) in [6.07, 6.45) is 2.20. The second kappa shape index (κ2) is 8.15. The maximum absolute atomic E-state index is 5.80. The first kappa shape index (κ1) is 16.0. The summed E-state index contributed by atoms with van der Waals surface area (Å²) in [5.41, 5.74) is 2.30. The Bertz CT molecular complexity index is 536. The molecule has 0 saturated heterocycles. The SMILES string of the molecule is CCCc1nc(COc2ccc(C(C)NCC)cc2)cs1. The van der Waals surface area contributed by atoms with Crippen molar-refractivity contribution in [1.82, 2.24) is 10.3 Å². The van der Waals surface area contributed by atoms with Crippen LogP contribution in [0.25, 0.3) is 0 Å². The van der Waals surface area contributed by atoms with Gasteiger partial charge in [-0.2, -0.15) is 0 Å². The normalized spacial score (nSPS) is 12.3. The van der Waals surface area contributed by atoms with E-state index in [9.17, 15) is 0 Å². The van der Waals surface area contributed by atoms with Crippen LogP contribution < -0.4 is 10.1 Å². The fourth-order valence-electron chi connectivity index (χ4n) is 2.18. The minimum absolute atomic E-state index is 0.374. The van der Waals surface area contributed by atoms with Crippen LogP contribution in [-0.2, 0) is 13.0 Å². The maximum Gasteiger partial charge on any atom is 0.131 e. The molecular weight excluding hydrogens is 280 g/mol. The molecule has 3 nitrogen and oxygen atoms in total. The Labute approximate surface area is 131 Å². The largest absolute Gasteiger partial charge is 0.487 e. The van der Waals surface area contributed by atoms with Gasteiger partial charge in [0.25, 0.3) is 0 Å². The summed E-state index contributed by atoms with van der Waals surface area (Å²) in [5.74, 6) is 0.896. The number of nitrogens with zero attached hydrogens (tertiary/aromatic N) is 1. The van der Waals surface area contributed by atoms with E-state index in [4.69, 9.17) is 4.74 Å². The Morgan fingerprint density at radius 2 is 2.00 bits per heavy atom. The topological polar surface area (TPSA) is 34.1 Å². The standard InChI is InChI=1S/C17H24N2OS/c1-4-6-17-19-15(12-21-17)11-20-16-9-7-14(8-10-16)13(3)18-5-2/h7-10,12-13,18H,4-6,11H2,1-3H3. The second-order valence-corrected chi connectivity index (χ2v) is 6.06. The number of nitrogens with one attached hydrogen (secondary N) is 1. The van der Waals surface area contributed by atoms with Crippen LogP contribution in [0.5, 0.6) is 5.75 Å². The Balaban J connectivity index is 1.88. The van der Waals surface area contributed by atoms with Crippen LogP contribution in [0.15, 0.2) is 29.6 Å². The number of aryl methyl sites for hydroxylation is 1. The van der Waals surface area contributed by atoms with Crippen molar-refractivity contribution in [1.29, 1.82) is 0 Å². The molecule has 1 unspecified atom stereocenters. The molecule has 0 bridgehead atoms. The molecule has 0 aliphatic carbocycles. The average Bonchev–Trinajstić information content (AvgIpc) is 2.94. The molecule has 0 aliphatic heterocycles. The molecule has 0 aliphatic rings. The number of aromatic nitrogens is 1. The highest BCUT2D eigenvalue weighted by Crippen LogP contribution is 2.19. The molecule has 0 amide bonds. The number of hydrogen-bond acceptors (Lipinski definition) is 4. The van der Waals surface area contributed by atoms with Gasteiger partial charge in [0.05, 0.1) is 10.7 Å². The molecule has 0 spiro atoms. The molecule has 21 heavy (non-hydrogen) atoms. The van der Waals surface area contributed by atoms with E-state index in [0.29, 0.717) is 12.6 Å². The fourth-order valence-corrected chi connectivity index (χ4v) is 3.06. The van der Waals surface area contributed by atoms with Crippen molar-refractivity contribution in [2.75, 3.05) is 6.54 Å². The third kappa shape index (κ3) is 4.83. The van der Waals surface area contributed by atoms with E-state index in [1.807, 2.05) is 12.1 Å². The van der Waals surface area contributed by atoms with Gasteiger partial charge in [-0.1, -0.05) is 26.0 Å². The molecule has 1 atom stereocenters. The molecule has 1 aromatic carbocycles. The van der Waals surface area contributed by atoms with Gasteiger partial charge in [-0.3, -0.25) is 0 Å². The van der Waals surface area contributed by atoms with Gasteiger partial charge in [-0.15, -0.1) is 11.3 Å². The molecular formula is C17H24N2OS. The van der Waals surface area contributed by atoms with Crippen LogP contribution in [0.1, 0.15) is 49.5 Å². The number of hydrogen-bond donors (Lipinski definition) is 1. The molecule has 1 heterocycles. The zero-order chi connectivity index (χ0) is 15.1. The molecule has 0 saturated carbocycles. The van der Waals surface area contributed by atoms with Gasteiger partial charge in [-0.05, 0) is 44.0 Å². The third-order valence-electron chi connectivity index (χ3n) is 3.34. The van der Waals surface area contributed by atoms with Crippen LogP contribution in [0, 0.1) is 0 Å². The van der Waals surface area contributed by atoms with Gasteiger partial charge in [0.2, 0.25) is 0 Å². The number of thiazole rings is 1. The Morgan fingerprint density at radius 3 is 2.67 bits per heavy atom. The zero-order valence-electron chi connectivity index (χ0n) is 13.1. The first-order valence-corrected chi connectivity index (χ1v) is 8.50. The number of ether oxygens (including phenoxy) is 1. The minimum Gasteiger partial charge on any atom is -0.487 e. The van der Waals surface area contributed by atoms with Crippen molar-refractivity contribution in [3.8, 4) is 5.75 Å². The Hall–Kier alpha value is -1.39. The van der Waals surface area contributed by atoms with E-state index >= 15 is 0 Å². The van der Waals surface area contributed by atoms with Gasteiger partial charge in [0.1, 0.15) is 12.4 Å². The van der Waals surface area contributed by atoms with Gasteiger partial charge in [-0.25, -0.2) is 4.98 Å². The lowest BCUT2D eigenvalue weighted by Crippen LogP contribution is -2.17. The zero-order valence-corrected chi connectivity index (χ0v) is 13.9. The quantitative estimate of drug-likeness (QED) is 0.787. The van der Waals surface area contributed by atoms with Crippen LogP contribution >= 0.6 is 11.3 Å². The minimum atomic E-state index is 0.374. The fraction of sp³-hybridized carbons (Fsp3) is 0.471. The highest BCUT2D eigenvalue weighted by atomic mass is 32.1. The Morgan fingerprint density at radius 1 is 1.24 bits per heavy atom. The van der Waals surface area contributed by atoms with E-state index in [1.165, 1.54) is 10.6 Å². The highest BCUT2D eigenvalue weighted by Gasteiger charge is 2.05. The summed E-state index contributed by atoms with van der Waals surface area (Å²) in [6, 6.07) is 8.67. The summed E-state index contributed by atoms with van der Waals surface area (Å²) < 4.78 is 5.80. The van der Waals surface area contributed by atoms with Crippen LogP contribution in [0.4, 0.5) is 0 Å². The number of rotatable bonds is 8. The van der Waals surface area contributed by atoms with Crippen molar-refractivity contribution in [2.45, 2.75) is 46.3 Å². The van der Waals surface area contributed by atoms with E-state index in [2.05, 4.69) is 48.6 Å². The maximum atomic E-state index is 5.80. The van der Waals surface area contributed by atoms with Crippen molar-refractivity contribution < 1.29 is 4.74 Å². The lowest BCUT2D eigenvalue weighted by atomic mass is 10.1. The first-order valence-electron chi connectivity index (χ1n) is 7.62. The Kier molecular flexibility index (Phi) is 6.21. The summed E-state index contributed by atoms with van der Waals surface area (Å²) in [5, 5.41) is 6.69. The second-order valence-electron chi connectivity index (χ2n) is 5.12. The smallest absolute Gasteiger partial charge is 0.131 e.